The quantitative estimate of drug-likeness (QED) is 0.294. The lowest BCUT2D eigenvalue weighted by atomic mass is 10.4. The number of nitro groups is 1. The van der Waals surface area contributed by atoms with Crippen molar-refractivity contribution in [3.63, 3.8) is 0 Å². The monoisotopic (exact) mass is 298 g/mol. The smallest absolute Gasteiger partial charge is 0.292 e. The number of nitrogen functional groups attached to an aromatic ring is 1. The Morgan fingerprint density at radius 3 is 2.70 bits per heavy atom. The fourth-order valence-corrected chi connectivity index (χ4v) is 2.33. The second kappa shape index (κ2) is 5.26. The minimum Gasteiger partial charge on any atom is -0.292 e. The molecule has 0 saturated heterocycles. The third-order valence-electron chi connectivity index (χ3n) is 2.36. The Kier molecular flexibility index (Phi) is 3.67. The highest BCUT2D eigenvalue weighted by molar-refractivity contribution is 7.99. The predicted molar refractivity (Wildman–Crippen MR) is 69.2 cm³/mol. The molecule has 0 saturated carbocycles. The zero-order chi connectivity index (χ0) is 14.9. The number of aryl methyl sites for hydroxylation is 1. The molecule has 0 amide bonds. The van der Waals surface area contributed by atoms with E-state index in [9.17, 15) is 14.9 Å². The van der Waals surface area contributed by atoms with Crippen LogP contribution in [0.15, 0.2) is 15.0 Å². The Morgan fingerprint density at radius 1 is 1.50 bits per heavy atom. The summed E-state index contributed by atoms with van der Waals surface area (Å²) in [6.45, 7) is 1.47. The standard InChI is InChI=1S/C8H10N8O3S/c1-3-4(16(18)19)5(11-6(10-3)12-9)20-8-14-13-7(17)15(8)2/h9H2,1-2H3,(H,13,17)(H,10,11,12). The van der Waals surface area contributed by atoms with Crippen LogP contribution in [0.4, 0.5) is 11.6 Å². The Labute approximate surface area is 115 Å². The van der Waals surface area contributed by atoms with E-state index in [1.54, 1.807) is 0 Å². The summed E-state index contributed by atoms with van der Waals surface area (Å²) in [7, 11) is 1.48. The van der Waals surface area contributed by atoms with E-state index in [4.69, 9.17) is 5.84 Å². The minimum atomic E-state index is -0.595. The highest BCUT2D eigenvalue weighted by Crippen LogP contribution is 2.33. The summed E-state index contributed by atoms with van der Waals surface area (Å²) in [5, 5.41) is 17.3. The molecule has 2 aromatic rings. The van der Waals surface area contributed by atoms with Crippen molar-refractivity contribution < 1.29 is 4.92 Å². The normalized spacial score (nSPS) is 10.6. The highest BCUT2D eigenvalue weighted by Gasteiger charge is 2.24. The second-order valence-corrected chi connectivity index (χ2v) is 4.62. The van der Waals surface area contributed by atoms with E-state index in [-0.39, 0.29) is 27.5 Å². The van der Waals surface area contributed by atoms with Gasteiger partial charge in [-0.1, -0.05) is 0 Å². The molecular formula is C8H10N8O3S. The van der Waals surface area contributed by atoms with Crippen molar-refractivity contribution in [1.82, 2.24) is 24.7 Å². The van der Waals surface area contributed by atoms with Gasteiger partial charge in [-0.15, -0.1) is 5.10 Å². The topological polar surface area (TPSA) is 158 Å². The first-order valence-corrected chi connectivity index (χ1v) is 6.04. The molecule has 2 heterocycles. The van der Waals surface area contributed by atoms with Gasteiger partial charge in [0, 0.05) is 7.05 Å². The van der Waals surface area contributed by atoms with Gasteiger partial charge in [-0.25, -0.2) is 20.7 Å². The molecule has 2 aromatic heterocycles. The predicted octanol–water partition coefficient (Wildman–Crippen LogP) is -0.448. The van der Waals surface area contributed by atoms with Crippen LogP contribution in [0, 0.1) is 17.0 Å². The Balaban J connectivity index is 2.54. The lowest BCUT2D eigenvalue weighted by molar-refractivity contribution is -0.389. The number of rotatable bonds is 4. The molecule has 0 aliphatic carbocycles. The van der Waals surface area contributed by atoms with Gasteiger partial charge in [0.2, 0.25) is 5.95 Å². The molecule has 20 heavy (non-hydrogen) atoms. The highest BCUT2D eigenvalue weighted by atomic mass is 32.2. The summed E-state index contributed by atoms with van der Waals surface area (Å²) in [5.41, 5.74) is 1.69. The first-order valence-electron chi connectivity index (χ1n) is 5.23. The summed E-state index contributed by atoms with van der Waals surface area (Å²) < 4.78 is 1.21. The molecule has 0 radical (unpaired) electrons. The van der Waals surface area contributed by atoms with Gasteiger partial charge in [0.05, 0.1) is 4.92 Å². The van der Waals surface area contributed by atoms with Gasteiger partial charge < -0.3 is 0 Å². The van der Waals surface area contributed by atoms with Crippen molar-refractivity contribution in [2.24, 2.45) is 12.9 Å². The maximum Gasteiger partial charge on any atom is 0.343 e. The van der Waals surface area contributed by atoms with Crippen LogP contribution in [0.3, 0.4) is 0 Å². The van der Waals surface area contributed by atoms with Crippen LogP contribution in [0.5, 0.6) is 0 Å². The van der Waals surface area contributed by atoms with Crippen LogP contribution in [0.1, 0.15) is 5.69 Å². The molecule has 0 spiro atoms. The Hall–Kier alpha value is -2.47. The van der Waals surface area contributed by atoms with Gasteiger partial charge in [0.1, 0.15) is 5.69 Å². The van der Waals surface area contributed by atoms with Crippen molar-refractivity contribution in [2.75, 3.05) is 5.43 Å². The van der Waals surface area contributed by atoms with Crippen LogP contribution < -0.4 is 17.0 Å². The van der Waals surface area contributed by atoms with Gasteiger partial charge in [0.25, 0.3) is 0 Å². The van der Waals surface area contributed by atoms with Crippen molar-refractivity contribution in [1.29, 1.82) is 0 Å². The van der Waals surface area contributed by atoms with E-state index >= 15 is 0 Å². The van der Waals surface area contributed by atoms with Crippen molar-refractivity contribution in [3.8, 4) is 0 Å². The number of nitrogens with two attached hydrogens (primary N) is 1. The van der Waals surface area contributed by atoms with Gasteiger partial charge >= 0.3 is 11.4 Å². The average molecular weight is 298 g/mol. The van der Waals surface area contributed by atoms with Crippen LogP contribution in [-0.2, 0) is 7.05 Å². The van der Waals surface area contributed by atoms with E-state index in [1.165, 1.54) is 18.5 Å². The third-order valence-corrected chi connectivity index (χ3v) is 3.39. The van der Waals surface area contributed by atoms with E-state index in [0.29, 0.717) is 0 Å². The van der Waals surface area contributed by atoms with E-state index in [2.05, 4.69) is 25.6 Å². The van der Waals surface area contributed by atoms with Gasteiger partial charge in [-0.05, 0) is 18.7 Å². The van der Waals surface area contributed by atoms with Gasteiger partial charge in [0.15, 0.2) is 10.2 Å². The molecule has 0 fully saturated rings. The van der Waals surface area contributed by atoms with Gasteiger partial charge in [-0.3, -0.25) is 20.1 Å². The number of aromatic amines is 1. The number of H-pyrrole nitrogens is 1. The number of nitrogens with one attached hydrogen (secondary N) is 2. The van der Waals surface area contributed by atoms with Crippen LogP contribution >= 0.6 is 11.8 Å². The van der Waals surface area contributed by atoms with E-state index in [1.807, 2.05) is 0 Å². The molecule has 0 unspecified atom stereocenters. The fourth-order valence-electron chi connectivity index (χ4n) is 1.40. The summed E-state index contributed by atoms with van der Waals surface area (Å²) in [6, 6.07) is 0. The number of nitrogens with zero attached hydrogens (tertiary/aromatic N) is 5. The van der Waals surface area contributed by atoms with E-state index in [0.717, 1.165) is 11.8 Å². The molecule has 0 aliphatic rings. The molecule has 12 heteroatoms. The number of hydrogen-bond acceptors (Lipinski definition) is 9. The number of hydrogen-bond donors (Lipinski definition) is 3. The van der Waals surface area contributed by atoms with Crippen LogP contribution in [0.25, 0.3) is 0 Å². The van der Waals surface area contributed by atoms with E-state index < -0.39 is 10.6 Å². The lowest BCUT2D eigenvalue weighted by Crippen LogP contribution is -2.14. The molecule has 4 N–H and O–H groups in total. The third kappa shape index (κ3) is 2.46. The first kappa shape index (κ1) is 14.0. The van der Waals surface area contributed by atoms with Gasteiger partial charge in [-0.2, -0.15) is 4.98 Å². The first-order chi connectivity index (χ1) is 9.43. The average Bonchev–Trinajstić information content (AvgIpc) is 2.69. The maximum absolute atomic E-state index is 11.3. The van der Waals surface area contributed by atoms with Crippen molar-refractivity contribution in [3.05, 3.63) is 26.3 Å². The molecule has 2 rings (SSSR count). The molecule has 0 aromatic carbocycles. The second-order valence-electron chi connectivity index (χ2n) is 3.66. The minimum absolute atomic E-state index is 0.0381. The zero-order valence-corrected chi connectivity index (χ0v) is 11.3. The molecule has 0 aliphatic heterocycles. The van der Waals surface area contributed by atoms with Crippen LogP contribution in [0.2, 0.25) is 0 Å². The lowest BCUT2D eigenvalue weighted by Gasteiger charge is -2.05. The maximum atomic E-state index is 11.3. The van der Waals surface area contributed by atoms with Crippen LogP contribution in [-0.4, -0.2) is 29.7 Å². The largest absolute Gasteiger partial charge is 0.343 e. The molecule has 0 atom stereocenters. The number of aromatic nitrogens is 5. The fraction of sp³-hybridized carbons (Fsp3) is 0.250. The number of hydrazine groups is 1. The SMILES string of the molecule is Cc1nc(NN)nc(Sc2n[nH]c(=O)n2C)c1[N+](=O)[O-]. The zero-order valence-electron chi connectivity index (χ0n) is 10.4. The Bertz CT molecular complexity index is 723. The number of anilines is 1. The summed E-state index contributed by atoms with van der Waals surface area (Å²) in [4.78, 5) is 29.5. The van der Waals surface area contributed by atoms with Crippen molar-refractivity contribution >= 4 is 23.4 Å². The Morgan fingerprint density at radius 2 is 2.20 bits per heavy atom. The van der Waals surface area contributed by atoms with Crippen molar-refractivity contribution in [2.45, 2.75) is 17.1 Å². The molecule has 0 bridgehead atoms. The molecule has 11 nitrogen and oxygen atoms in total. The molecular weight excluding hydrogens is 288 g/mol. The summed E-state index contributed by atoms with van der Waals surface area (Å²) >= 11 is 0.866. The summed E-state index contributed by atoms with van der Waals surface area (Å²) in [6.07, 6.45) is 0. The molecule has 106 valence electrons. The summed E-state index contributed by atoms with van der Waals surface area (Å²) in [5.74, 6) is 5.25.